The van der Waals surface area contributed by atoms with Gasteiger partial charge in [0.05, 0.1) is 5.69 Å². The molecule has 0 aliphatic carbocycles. The number of carbonyl (C=O) groups is 1. The predicted octanol–water partition coefficient (Wildman–Crippen LogP) is 3.94. The van der Waals surface area contributed by atoms with E-state index in [1.807, 2.05) is 0 Å². The maximum atomic E-state index is 12.0. The lowest BCUT2D eigenvalue weighted by Crippen LogP contribution is -2.12. The Labute approximate surface area is 118 Å². The first kappa shape index (κ1) is 12.9. The van der Waals surface area contributed by atoms with Gasteiger partial charge in [-0.25, -0.2) is 0 Å². The van der Waals surface area contributed by atoms with Crippen LogP contribution in [0.1, 0.15) is 10.4 Å². The zero-order valence-corrected chi connectivity index (χ0v) is 11.6. The Hall–Kier alpha value is -1.52. The third kappa shape index (κ3) is 3.03. The second kappa shape index (κ2) is 5.42. The Balaban J connectivity index is 2.21. The molecule has 5 heteroatoms. The fraction of sp³-hybridized carbons (Fsp3) is 0. The monoisotopic (exact) mass is 324 g/mol. The molecule has 0 saturated heterocycles. The lowest BCUT2D eigenvalue weighted by Gasteiger charge is -2.08. The summed E-state index contributed by atoms with van der Waals surface area (Å²) in [6, 6.07) is 12.0. The first-order valence-electron chi connectivity index (χ1n) is 5.18. The minimum absolute atomic E-state index is 0.217. The molecule has 0 heterocycles. The van der Waals surface area contributed by atoms with E-state index in [9.17, 15) is 4.79 Å². The van der Waals surface area contributed by atoms with E-state index < -0.39 is 0 Å². The largest absolute Gasteiger partial charge is 0.399 e. The van der Waals surface area contributed by atoms with Crippen LogP contribution in [0.3, 0.4) is 0 Å². The van der Waals surface area contributed by atoms with Crippen LogP contribution in [0.25, 0.3) is 0 Å². The van der Waals surface area contributed by atoms with Gasteiger partial charge in [-0.3, -0.25) is 4.79 Å². The third-order valence-corrected chi connectivity index (χ3v) is 3.22. The van der Waals surface area contributed by atoms with Gasteiger partial charge in [-0.05, 0) is 52.3 Å². The summed E-state index contributed by atoms with van der Waals surface area (Å²) in [5, 5.41) is 3.38. The van der Waals surface area contributed by atoms with Crippen molar-refractivity contribution in [1.82, 2.24) is 0 Å². The van der Waals surface area contributed by atoms with Crippen LogP contribution in [0.2, 0.25) is 5.02 Å². The quantitative estimate of drug-likeness (QED) is 0.822. The first-order valence-corrected chi connectivity index (χ1v) is 6.35. The van der Waals surface area contributed by atoms with Gasteiger partial charge in [0, 0.05) is 20.7 Å². The van der Waals surface area contributed by atoms with E-state index in [0.29, 0.717) is 22.0 Å². The number of amides is 1. The Morgan fingerprint density at radius 3 is 2.67 bits per heavy atom. The zero-order valence-electron chi connectivity index (χ0n) is 9.28. The molecule has 0 aliphatic heterocycles. The standard InChI is InChI=1S/C13H10BrClN2O/c14-11-7-9(15)4-5-12(11)17-13(18)8-2-1-3-10(16)6-8/h1-7H,16H2,(H,17,18). The highest BCUT2D eigenvalue weighted by atomic mass is 79.9. The number of nitrogens with one attached hydrogen (secondary N) is 1. The van der Waals surface area contributed by atoms with Crippen LogP contribution >= 0.6 is 27.5 Å². The normalized spacial score (nSPS) is 10.1. The maximum Gasteiger partial charge on any atom is 0.255 e. The lowest BCUT2D eigenvalue weighted by atomic mass is 10.2. The summed E-state index contributed by atoms with van der Waals surface area (Å²) in [5.41, 5.74) is 7.36. The van der Waals surface area contributed by atoms with Gasteiger partial charge < -0.3 is 11.1 Å². The van der Waals surface area contributed by atoms with Crippen LogP contribution in [0.5, 0.6) is 0 Å². The van der Waals surface area contributed by atoms with Crippen molar-refractivity contribution in [3.63, 3.8) is 0 Å². The second-order valence-electron chi connectivity index (χ2n) is 3.70. The Kier molecular flexibility index (Phi) is 3.89. The van der Waals surface area contributed by atoms with Crippen molar-refractivity contribution >= 4 is 44.8 Å². The molecule has 18 heavy (non-hydrogen) atoms. The summed E-state index contributed by atoms with van der Waals surface area (Å²) in [7, 11) is 0. The average molecular weight is 326 g/mol. The van der Waals surface area contributed by atoms with Crippen LogP contribution < -0.4 is 11.1 Å². The van der Waals surface area contributed by atoms with E-state index in [4.69, 9.17) is 17.3 Å². The number of benzene rings is 2. The molecule has 0 bridgehead atoms. The highest BCUT2D eigenvalue weighted by molar-refractivity contribution is 9.10. The topological polar surface area (TPSA) is 55.1 Å². The van der Waals surface area contributed by atoms with Crippen LogP contribution in [0, 0.1) is 0 Å². The van der Waals surface area contributed by atoms with E-state index in [2.05, 4.69) is 21.2 Å². The van der Waals surface area contributed by atoms with Gasteiger partial charge in [0.15, 0.2) is 0 Å². The molecule has 1 amide bonds. The zero-order chi connectivity index (χ0) is 13.1. The van der Waals surface area contributed by atoms with Crippen molar-refractivity contribution in [1.29, 1.82) is 0 Å². The SMILES string of the molecule is Nc1cccc(C(=O)Nc2ccc(Cl)cc2Br)c1. The van der Waals surface area contributed by atoms with Crippen molar-refractivity contribution < 1.29 is 4.79 Å². The molecule has 0 saturated carbocycles. The van der Waals surface area contributed by atoms with Crippen LogP contribution in [0.15, 0.2) is 46.9 Å². The van der Waals surface area contributed by atoms with Crippen molar-refractivity contribution in [3.05, 3.63) is 57.5 Å². The molecular formula is C13H10BrClN2O. The molecule has 2 aromatic rings. The summed E-state index contributed by atoms with van der Waals surface area (Å²) in [6.07, 6.45) is 0. The molecule has 0 unspecified atom stereocenters. The average Bonchev–Trinajstić information content (AvgIpc) is 2.32. The number of rotatable bonds is 2. The molecule has 2 rings (SSSR count). The molecule has 0 spiro atoms. The number of carbonyl (C=O) groups excluding carboxylic acids is 1. The summed E-state index contributed by atoms with van der Waals surface area (Å²) in [6.45, 7) is 0. The van der Waals surface area contributed by atoms with Crippen molar-refractivity contribution in [3.8, 4) is 0 Å². The van der Waals surface area contributed by atoms with Crippen LogP contribution in [-0.4, -0.2) is 5.91 Å². The smallest absolute Gasteiger partial charge is 0.255 e. The Morgan fingerprint density at radius 1 is 1.22 bits per heavy atom. The molecule has 0 radical (unpaired) electrons. The molecule has 3 nitrogen and oxygen atoms in total. The summed E-state index contributed by atoms with van der Waals surface area (Å²) >= 11 is 9.17. The number of halogens is 2. The molecule has 0 fully saturated rings. The fourth-order valence-electron chi connectivity index (χ4n) is 1.47. The molecule has 0 aliphatic rings. The van der Waals surface area contributed by atoms with Gasteiger partial charge in [-0.1, -0.05) is 17.7 Å². The number of anilines is 2. The number of nitrogens with two attached hydrogens (primary N) is 1. The van der Waals surface area contributed by atoms with Gasteiger partial charge in [-0.15, -0.1) is 0 Å². The minimum Gasteiger partial charge on any atom is -0.399 e. The predicted molar refractivity (Wildman–Crippen MR) is 78.0 cm³/mol. The minimum atomic E-state index is -0.217. The molecule has 2 aromatic carbocycles. The molecule has 92 valence electrons. The van der Waals surface area contributed by atoms with Gasteiger partial charge in [-0.2, -0.15) is 0 Å². The van der Waals surface area contributed by atoms with E-state index in [1.165, 1.54) is 0 Å². The third-order valence-electron chi connectivity index (χ3n) is 2.33. The van der Waals surface area contributed by atoms with Gasteiger partial charge in [0.2, 0.25) is 0 Å². The summed E-state index contributed by atoms with van der Waals surface area (Å²) in [4.78, 5) is 12.0. The number of hydrogen-bond donors (Lipinski definition) is 2. The number of nitrogen functional groups attached to an aromatic ring is 1. The Bertz CT molecular complexity index is 601. The van der Waals surface area contributed by atoms with E-state index in [0.717, 1.165) is 4.47 Å². The maximum absolute atomic E-state index is 12.0. The van der Waals surface area contributed by atoms with Crippen molar-refractivity contribution in [2.75, 3.05) is 11.1 Å². The van der Waals surface area contributed by atoms with Crippen molar-refractivity contribution in [2.45, 2.75) is 0 Å². The van der Waals surface area contributed by atoms with Crippen LogP contribution in [-0.2, 0) is 0 Å². The summed E-state index contributed by atoms with van der Waals surface area (Å²) in [5.74, 6) is -0.217. The number of hydrogen-bond acceptors (Lipinski definition) is 2. The van der Waals surface area contributed by atoms with Gasteiger partial charge >= 0.3 is 0 Å². The van der Waals surface area contributed by atoms with Gasteiger partial charge in [0.25, 0.3) is 5.91 Å². The van der Waals surface area contributed by atoms with Crippen LogP contribution in [0.4, 0.5) is 11.4 Å². The first-order chi connectivity index (χ1) is 8.56. The van der Waals surface area contributed by atoms with Crippen molar-refractivity contribution in [2.24, 2.45) is 0 Å². The highest BCUT2D eigenvalue weighted by Crippen LogP contribution is 2.26. The molecule has 0 atom stereocenters. The van der Waals surface area contributed by atoms with E-state index >= 15 is 0 Å². The van der Waals surface area contributed by atoms with E-state index in [-0.39, 0.29) is 5.91 Å². The fourth-order valence-corrected chi connectivity index (χ4v) is 2.25. The van der Waals surface area contributed by atoms with Gasteiger partial charge in [0.1, 0.15) is 0 Å². The summed E-state index contributed by atoms with van der Waals surface area (Å²) < 4.78 is 0.729. The Morgan fingerprint density at radius 2 is 2.00 bits per heavy atom. The molecule has 0 aromatic heterocycles. The second-order valence-corrected chi connectivity index (χ2v) is 4.99. The van der Waals surface area contributed by atoms with E-state index in [1.54, 1.807) is 42.5 Å². The molecule has 3 N–H and O–H groups in total. The lowest BCUT2D eigenvalue weighted by molar-refractivity contribution is 0.102. The highest BCUT2D eigenvalue weighted by Gasteiger charge is 2.08. The molecular weight excluding hydrogens is 316 g/mol.